The van der Waals surface area contributed by atoms with Crippen molar-refractivity contribution >= 4 is 5.69 Å². The molecule has 2 rings (SSSR count). The van der Waals surface area contributed by atoms with Crippen LogP contribution >= 0.6 is 0 Å². The van der Waals surface area contributed by atoms with Gasteiger partial charge >= 0.3 is 0 Å². The van der Waals surface area contributed by atoms with Crippen LogP contribution in [0.5, 0.6) is 5.75 Å². The van der Waals surface area contributed by atoms with Gasteiger partial charge in [0.25, 0.3) is 0 Å². The Morgan fingerprint density at radius 2 is 2.23 bits per heavy atom. The Bertz CT molecular complexity index is 310. The highest BCUT2D eigenvalue weighted by Gasteiger charge is 2.24. The number of benzene rings is 1. The van der Waals surface area contributed by atoms with E-state index in [-0.39, 0.29) is 11.9 Å². The number of halogens is 1. The SMILES string of the molecule is CNc1ccc(OC2CC2)c(F)c1. The van der Waals surface area contributed by atoms with E-state index in [4.69, 9.17) is 4.74 Å². The normalized spacial score (nSPS) is 15.5. The molecule has 1 saturated carbocycles. The van der Waals surface area contributed by atoms with Crippen molar-refractivity contribution in [2.75, 3.05) is 12.4 Å². The molecule has 0 radical (unpaired) electrons. The molecule has 0 atom stereocenters. The molecule has 13 heavy (non-hydrogen) atoms. The summed E-state index contributed by atoms with van der Waals surface area (Å²) >= 11 is 0. The minimum atomic E-state index is -0.293. The maximum atomic E-state index is 13.3. The molecule has 1 N–H and O–H groups in total. The molecule has 0 aliphatic heterocycles. The highest BCUT2D eigenvalue weighted by atomic mass is 19.1. The van der Waals surface area contributed by atoms with E-state index in [9.17, 15) is 4.39 Å². The second-order valence-corrected chi connectivity index (χ2v) is 3.21. The van der Waals surface area contributed by atoms with Crippen LogP contribution in [0.15, 0.2) is 18.2 Å². The summed E-state index contributed by atoms with van der Waals surface area (Å²) in [6.07, 6.45) is 2.34. The lowest BCUT2D eigenvalue weighted by Gasteiger charge is -2.06. The van der Waals surface area contributed by atoms with E-state index in [1.807, 2.05) is 0 Å². The molecule has 3 heteroatoms. The van der Waals surface area contributed by atoms with E-state index < -0.39 is 0 Å². The molecule has 2 nitrogen and oxygen atoms in total. The second-order valence-electron chi connectivity index (χ2n) is 3.21. The Kier molecular flexibility index (Phi) is 2.08. The van der Waals surface area contributed by atoms with Crippen molar-refractivity contribution in [2.24, 2.45) is 0 Å². The standard InChI is InChI=1S/C10H12FNO/c1-12-7-2-5-10(9(11)6-7)13-8-3-4-8/h2,5-6,8,12H,3-4H2,1H3. The average Bonchev–Trinajstić information content (AvgIpc) is 2.92. The van der Waals surface area contributed by atoms with E-state index in [2.05, 4.69) is 5.32 Å². The minimum Gasteiger partial charge on any atom is -0.487 e. The molecule has 0 amide bonds. The van der Waals surface area contributed by atoms with Crippen LogP contribution in [0, 0.1) is 5.82 Å². The van der Waals surface area contributed by atoms with Gasteiger partial charge in [-0.15, -0.1) is 0 Å². The quantitative estimate of drug-likeness (QED) is 0.773. The lowest BCUT2D eigenvalue weighted by Crippen LogP contribution is -1.99. The monoisotopic (exact) mass is 181 g/mol. The first-order valence-corrected chi connectivity index (χ1v) is 4.43. The lowest BCUT2D eigenvalue weighted by atomic mass is 10.3. The Labute approximate surface area is 76.7 Å². The molecule has 0 spiro atoms. The summed E-state index contributed by atoms with van der Waals surface area (Å²) in [5.74, 6) is 0.0697. The van der Waals surface area contributed by atoms with E-state index in [1.54, 1.807) is 19.2 Å². The zero-order chi connectivity index (χ0) is 9.26. The van der Waals surface area contributed by atoms with Gasteiger partial charge in [0.1, 0.15) is 0 Å². The Balaban J connectivity index is 2.15. The number of rotatable bonds is 3. The van der Waals surface area contributed by atoms with Gasteiger partial charge in [0.15, 0.2) is 11.6 Å². The van der Waals surface area contributed by atoms with Gasteiger partial charge in [-0.3, -0.25) is 0 Å². The fraction of sp³-hybridized carbons (Fsp3) is 0.400. The van der Waals surface area contributed by atoms with Crippen LogP contribution < -0.4 is 10.1 Å². The second kappa shape index (κ2) is 3.24. The summed E-state index contributed by atoms with van der Waals surface area (Å²) < 4.78 is 18.6. The van der Waals surface area contributed by atoms with E-state index in [0.717, 1.165) is 18.5 Å². The summed E-state index contributed by atoms with van der Waals surface area (Å²) in [5.41, 5.74) is 0.764. The van der Waals surface area contributed by atoms with Crippen molar-refractivity contribution in [3.8, 4) is 5.75 Å². The van der Waals surface area contributed by atoms with Crippen molar-refractivity contribution in [1.82, 2.24) is 0 Å². The zero-order valence-corrected chi connectivity index (χ0v) is 7.51. The molecule has 70 valence electrons. The molecule has 1 aromatic rings. The van der Waals surface area contributed by atoms with Crippen LogP contribution in [0.3, 0.4) is 0 Å². The third-order valence-electron chi connectivity index (χ3n) is 2.04. The maximum absolute atomic E-state index is 13.3. The van der Waals surface area contributed by atoms with Crippen LogP contribution in [0.25, 0.3) is 0 Å². The van der Waals surface area contributed by atoms with Crippen molar-refractivity contribution in [2.45, 2.75) is 18.9 Å². The van der Waals surface area contributed by atoms with Crippen LogP contribution in [0.2, 0.25) is 0 Å². The first kappa shape index (κ1) is 8.35. The van der Waals surface area contributed by atoms with Gasteiger partial charge in [-0.05, 0) is 25.0 Å². The average molecular weight is 181 g/mol. The highest BCUT2D eigenvalue weighted by molar-refractivity contribution is 5.46. The number of anilines is 1. The number of hydrogen-bond donors (Lipinski definition) is 1. The fourth-order valence-corrected chi connectivity index (χ4v) is 1.12. The van der Waals surface area contributed by atoms with Gasteiger partial charge in [0.05, 0.1) is 6.10 Å². The van der Waals surface area contributed by atoms with Gasteiger partial charge in [-0.25, -0.2) is 4.39 Å². The van der Waals surface area contributed by atoms with Gasteiger partial charge in [-0.1, -0.05) is 0 Å². The number of hydrogen-bond acceptors (Lipinski definition) is 2. The van der Waals surface area contributed by atoms with Crippen LogP contribution in [-0.2, 0) is 0 Å². The molecule has 0 aromatic heterocycles. The smallest absolute Gasteiger partial charge is 0.167 e. The summed E-state index contributed by atoms with van der Waals surface area (Å²) in [6.45, 7) is 0. The predicted molar refractivity (Wildman–Crippen MR) is 49.6 cm³/mol. The third-order valence-corrected chi connectivity index (χ3v) is 2.04. The number of ether oxygens (including phenoxy) is 1. The van der Waals surface area contributed by atoms with Crippen molar-refractivity contribution in [3.05, 3.63) is 24.0 Å². The van der Waals surface area contributed by atoms with Crippen LogP contribution in [0.4, 0.5) is 10.1 Å². The Morgan fingerprint density at radius 3 is 2.77 bits per heavy atom. The summed E-state index contributed by atoms with van der Waals surface area (Å²) in [6, 6.07) is 4.91. The van der Waals surface area contributed by atoms with Crippen molar-refractivity contribution in [1.29, 1.82) is 0 Å². The van der Waals surface area contributed by atoms with Gasteiger partial charge in [0.2, 0.25) is 0 Å². The van der Waals surface area contributed by atoms with E-state index in [1.165, 1.54) is 6.07 Å². The van der Waals surface area contributed by atoms with Crippen LogP contribution in [-0.4, -0.2) is 13.2 Å². The van der Waals surface area contributed by atoms with Crippen LogP contribution in [0.1, 0.15) is 12.8 Å². The van der Waals surface area contributed by atoms with Gasteiger partial charge < -0.3 is 10.1 Å². The molecule has 1 fully saturated rings. The van der Waals surface area contributed by atoms with Crippen molar-refractivity contribution in [3.63, 3.8) is 0 Å². The van der Waals surface area contributed by atoms with Gasteiger partial charge in [-0.2, -0.15) is 0 Å². The van der Waals surface area contributed by atoms with E-state index in [0.29, 0.717) is 5.75 Å². The number of nitrogens with one attached hydrogen (secondary N) is 1. The molecule has 0 bridgehead atoms. The first-order chi connectivity index (χ1) is 6.29. The van der Waals surface area contributed by atoms with E-state index >= 15 is 0 Å². The fourth-order valence-electron chi connectivity index (χ4n) is 1.12. The first-order valence-electron chi connectivity index (χ1n) is 4.43. The highest BCUT2D eigenvalue weighted by Crippen LogP contribution is 2.29. The lowest BCUT2D eigenvalue weighted by molar-refractivity contribution is 0.287. The predicted octanol–water partition coefficient (Wildman–Crippen LogP) is 2.41. The molecule has 0 unspecified atom stereocenters. The minimum absolute atomic E-state index is 0.245. The molecule has 0 saturated heterocycles. The van der Waals surface area contributed by atoms with Crippen molar-refractivity contribution < 1.29 is 9.13 Å². The van der Waals surface area contributed by atoms with Gasteiger partial charge in [0, 0.05) is 18.8 Å². The molecule has 1 aliphatic carbocycles. The Morgan fingerprint density at radius 1 is 1.46 bits per heavy atom. The maximum Gasteiger partial charge on any atom is 0.167 e. The zero-order valence-electron chi connectivity index (χ0n) is 7.51. The summed E-state index contributed by atoms with van der Waals surface area (Å²) in [4.78, 5) is 0. The topological polar surface area (TPSA) is 21.3 Å². The summed E-state index contributed by atoms with van der Waals surface area (Å²) in [7, 11) is 1.76. The molecule has 1 aliphatic rings. The molecular weight excluding hydrogens is 169 g/mol. The Hall–Kier alpha value is -1.25. The molecule has 1 aromatic carbocycles. The molecular formula is C10H12FNO. The third kappa shape index (κ3) is 1.91. The molecule has 0 heterocycles. The largest absolute Gasteiger partial charge is 0.487 e. The summed E-state index contributed by atoms with van der Waals surface area (Å²) in [5, 5.41) is 2.87.